The van der Waals surface area contributed by atoms with Gasteiger partial charge in [-0.2, -0.15) is 0 Å². The monoisotopic (exact) mass is 332 g/mol. The third-order valence-corrected chi connectivity index (χ3v) is 4.84. The highest BCUT2D eigenvalue weighted by atomic mass is 79.9. The highest BCUT2D eigenvalue weighted by Gasteiger charge is 2.21. The zero-order valence-electron chi connectivity index (χ0n) is 11.6. The van der Waals surface area contributed by atoms with E-state index >= 15 is 0 Å². The third-order valence-electron chi connectivity index (χ3n) is 3.32. The number of unbranched alkanes of at least 4 members (excludes halogenated alkanes) is 1. The fourth-order valence-corrected chi connectivity index (χ4v) is 2.70. The van der Waals surface area contributed by atoms with E-state index in [1.165, 1.54) is 18.4 Å². The molecular formula is C15H22BrClO. The van der Waals surface area contributed by atoms with Gasteiger partial charge in [0.25, 0.3) is 0 Å². The minimum absolute atomic E-state index is 0.00315. The minimum atomic E-state index is 0.00315. The summed E-state index contributed by atoms with van der Waals surface area (Å²) in [5, 5.41) is 0.00315. The Morgan fingerprint density at radius 1 is 1.39 bits per heavy atom. The second-order valence-corrected chi connectivity index (χ2v) is 6.19. The standard InChI is InChI=1S/C15H22BrClO/c1-5-6-7-10(2)15(17)12-9-13(16)11(3)8-14(12)18-4/h8-10,15H,5-7H2,1-4H3. The molecule has 3 heteroatoms. The van der Waals surface area contributed by atoms with Gasteiger partial charge in [-0.05, 0) is 37.0 Å². The summed E-state index contributed by atoms with van der Waals surface area (Å²) < 4.78 is 6.54. The van der Waals surface area contributed by atoms with Crippen LogP contribution in [0.15, 0.2) is 16.6 Å². The van der Waals surface area contributed by atoms with Crippen LogP contribution in [-0.4, -0.2) is 7.11 Å². The number of benzene rings is 1. The molecule has 1 aromatic rings. The molecule has 0 spiro atoms. The van der Waals surface area contributed by atoms with Crippen LogP contribution in [-0.2, 0) is 0 Å². The molecule has 2 unspecified atom stereocenters. The molecule has 0 amide bonds. The maximum absolute atomic E-state index is 6.60. The Morgan fingerprint density at radius 3 is 2.61 bits per heavy atom. The molecular weight excluding hydrogens is 312 g/mol. The molecule has 1 nitrogen and oxygen atoms in total. The molecule has 0 aliphatic rings. The van der Waals surface area contributed by atoms with Crippen LogP contribution in [0.3, 0.4) is 0 Å². The molecule has 102 valence electrons. The fourth-order valence-electron chi connectivity index (χ4n) is 2.04. The van der Waals surface area contributed by atoms with Crippen molar-refractivity contribution in [3.05, 3.63) is 27.7 Å². The first-order chi connectivity index (χ1) is 8.51. The van der Waals surface area contributed by atoms with E-state index in [4.69, 9.17) is 16.3 Å². The van der Waals surface area contributed by atoms with Crippen LogP contribution >= 0.6 is 27.5 Å². The van der Waals surface area contributed by atoms with Gasteiger partial charge in [-0.15, -0.1) is 11.6 Å². The molecule has 18 heavy (non-hydrogen) atoms. The zero-order valence-corrected chi connectivity index (χ0v) is 13.9. The SMILES string of the molecule is CCCCC(C)C(Cl)c1cc(Br)c(C)cc1OC. The van der Waals surface area contributed by atoms with Crippen LogP contribution in [0.4, 0.5) is 0 Å². The van der Waals surface area contributed by atoms with E-state index < -0.39 is 0 Å². The molecule has 0 saturated heterocycles. The summed E-state index contributed by atoms with van der Waals surface area (Å²) in [6, 6.07) is 4.13. The van der Waals surface area contributed by atoms with Crippen molar-refractivity contribution in [2.45, 2.75) is 45.4 Å². The number of ether oxygens (including phenoxy) is 1. The lowest BCUT2D eigenvalue weighted by Gasteiger charge is -2.21. The maximum atomic E-state index is 6.60. The number of aryl methyl sites for hydroxylation is 1. The van der Waals surface area contributed by atoms with Crippen molar-refractivity contribution in [2.75, 3.05) is 7.11 Å². The normalized spacial score (nSPS) is 14.3. The molecule has 0 bridgehead atoms. The number of rotatable bonds is 6. The molecule has 0 heterocycles. The number of alkyl halides is 1. The number of halogens is 2. The average molecular weight is 334 g/mol. The van der Waals surface area contributed by atoms with E-state index in [2.05, 4.69) is 42.8 Å². The molecule has 1 aromatic carbocycles. The molecule has 1 rings (SSSR count). The minimum Gasteiger partial charge on any atom is -0.496 e. The van der Waals surface area contributed by atoms with E-state index in [0.29, 0.717) is 5.92 Å². The molecule has 0 radical (unpaired) electrons. The summed E-state index contributed by atoms with van der Waals surface area (Å²) in [5.74, 6) is 1.34. The van der Waals surface area contributed by atoms with Crippen LogP contribution in [0.25, 0.3) is 0 Å². The maximum Gasteiger partial charge on any atom is 0.123 e. The van der Waals surface area contributed by atoms with Crippen molar-refractivity contribution in [1.29, 1.82) is 0 Å². The zero-order chi connectivity index (χ0) is 13.7. The van der Waals surface area contributed by atoms with Crippen LogP contribution in [0.2, 0.25) is 0 Å². The average Bonchev–Trinajstić information content (AvgIpc) is 2.37. The van der Waals surface area contributed by atoms with Gasteiger partial charge in [-0.1, -0.05) is 42.6 Å². The van der Waals surface area contributed by atoms with Crippen LogP contribution in [0.5, 0.6) is 5.75 Å². The smallest absolute Gasteiger partial charge is 0.123 e. The fraction of sp³-hybridized carbons (Fsp3) is 0.600. The van der Waals surface area contributed by atoms with Gasteiger partial charge in [0.05, 0.1) is 12.5 Å². The van der Waals surface area contributed by atoms with Gasteiger partial charge < -0.3 is 4.74 Å². The highest BCUT2D eigenvalue weighted by Crippen LogP contribution is 2.39. The van der Waals surface area contributed by atoms with Crippen molar-refractivity contribution < 1.29 is 4.74 Å². The van der Waals surface area contributed by atoms with Crippen molar-refractivity contribution in [3.8, 4) is 5.75 Å². The summed E-state index contributed by atoms with van der Waals surface area (Å²) in [6.45, 7) is 6.47. The quantitative estimate of drug-likeness (QED) is 0.591. The third kappa shape index (κ3) is 3.89. The lowest BCUT2D eigenvalue weighted by Crippen LogP contribution is -2.06. The van der Waals surface area contributed by atoms with Gasteiger partial charge in [0.1, 0.15) is 5.75 Å². The first-order valence-electron chi connectivity index (χ1n) is 6.49. The Balaban J connectivity index is 2.96. The molecule has 2 atom stereocenters. The Bertz CT molecular complexity index is 392. The van der Waals surface area contributed by atoms with Gasteiger partial charge >= 0.3 is 0 Å². The van der Waals surface area contributed by atoms with Gasteiger partial charge in [0.2, 0.25) is 0 Å². The van der Waals surface area contributed by atoms with Crippen molar-refractivity contribution in [2.24, 2.45) is 5.92 Å². The summed E-state index contributed by atoms with van der Waals surface area (Å²) in [6.07, 6.45) is 3.59. The highest BCUT2D eigenvalue weighted by molar-refractivity contribution is 9.10. The Morgan fingerprint density at radius 2 is 2.06 bits per heavy atom. The summed E-state index contributed by atoms with van der Waals surface area (Å²) in [5.41, 5.74) is 2.25. The predicted molar refractivity (Wildman–Crippen MR) is 82.7 cm³/mol. The lowest BCUT2D eigenvalue weighted by molar-refractivity contribution is 0.400. The lowest BCUT2D eigenvalue weighted by atomic mass is 9.94. The van der Waals surface area contributed by atoms with Crippen LogP contribution in [0, 0.1) is 12.8 Å². The molecule has 0 aliphatic heterocycles. The van der Waals surface area contributed by atoms with Gasteiger partial charge in [0, 0.05) is 10.0 Å². The molecule has 0 fully saturated rings. The van der Waals surface area contributed by atoms with E-state index in [-0.39, 0.29) is 5.38 Å². The first kappa shape index (κ1) is 15.8. The topological polar surface area (TPSA) is 9.23 Å². The van der Waals surface area contributed by atoms with Gasteiger partial charge in [0.15, 0.2) is 0 Å². The number of hydrogen-bond donors (Lipinski definition) is 0. The molecule has 0 N–H and O–H groups in total. The van der Waals surface area contributed by atoms with Crippen molar-refractivity contribution >= 4 is 27.5 Å². The predicted octanol–water partition coefficient (Wildman–Crippen LogP) is 5.87. The van der Waals surface area contributed by atoms with Crippen molar-refractivity contribution in [1.82, 2.24) is 0 Å². The second kappa shape index (κ2) is 7.40. The first-order valence-corrected chi connectivity index (χ1v) is 7.72. The summed E-state index contributed by atoms with van der Waals surface area (Å²) in [7, 11) is 1.70. The summed E-state index contributed by atoms with van der Waals surface area (Å²) >= 11 is 10.2. The second-order valence-electron chi connectivity index (χ2n) is 4.86. The molecule has 0 aliphatic carbocycles. The number of methoxy groups -OCH3 is 1. The van der Waals surface area contributed by atoms with Crippen molar-refractivity contribution in [3.63, 3.8) is 0 Å². The van der Waals surface area contributed by atoms with Crippen LogP contribution in [0.1, 0.15) is 49.6 Å². The van der Waals surface area contributed by atoms with E-state index in [1.807, 2.05) is 6.07 Å². The largest absolute Gasteiger partial charge is 0.496 e. The summed E-state index contributed by atoms with van der Waals surface area (Å²) in [4.78, 5) is 0. The van der Waals surface area contributed by atoms with Crippen LogP contribution < -0.4 is 4.74 Å². The van der Waals surface area contributed by atoms with Gasteiger partial charge in [-0.3, -0.25) is 0 Å². The molecule has 0 aromatic heterocycles. The van der Waals surface area contributed by atoms with Gasteiger partial charge in [-0.25, -0.2) is 0 Å². The van der Waals surface area contributed by atoms with E-state index in [0.717, 1.165) is 22.2 Å². The molecule has 0 saturated carbocycles. The van der Waals surface area contributed by atoms with E-state index in [9.17, 15) is 0 Å². The number of hydrogen-bond acceptors (Lipinski definition) is 1. The Kier molecular flexibility index (Phi) is 6.51. The van der Waals surface area contributed by atoms with E-state index in [1.54, 1.807) is 7.11 Å². The Hall–Kier alpha value is -0.210. The Labute approximate surface area is 124 Å².